The van der Waals surface area contributed by atoms with Gasteiger partial charge in [0, 0.05) is 36.8 Å². The Labute approximate surface area is 153 Å². The van der Waals surface area contributed by atoms with Crippen molar-refractivity contribution in [3.05, 3.63) is 59.9 Å². The fraction of sp³-hybridized carbons (Fsp3) is 0.350. The highest BCUT2D eigenvalue weighted by atomic mass is 32.2. The molecule has 0 aliphatic carbocycles. The van der Waals surface area contributed by atoms with E-state index in [0.29, 0.717) is 0 Å². The Balaban J connectivity index is 1.50. The highest BCUT2D eigenvalue weighted by molar-refractivity contribution is 7.99. The fourth-order valence-electron chi connectivity index (χ4n) is 3.10. The van der Waals surface area contributed by atoms with Crippen LogP contribution in [0.2, 0.25) is 0 Å². The van der Waals surface area contributed by atoms with Crippen LogP contribution in [0, 0.1) is 17.1 Å². The van der Waals surface area contributed by atoms with Crippen molar-refractivity contribution in [3.8, 4) is 6.07 Å². The predicted molar refractivity (Wildman–Crippen MR) is 102 cm³/mol. The van der Waals surface area contributed by atoms with Crippen molar-refractivity contribution in [2.75, 3.05) is 43.4 Å². The van der Waals surface area contributed by atoms with E-state index in [4.69, 9.17) is 0 Å². The summed E-state index contributed by atoms with van der Waals surface area (Å²) < 4.78 is 12.9. The number of para-hydroxylation sites is 1. The van der Waals surface area contributed by atoms with E-state index in [1.54, 1.807) is 11.8 Å². The van der Waals surface area contributed by atoms with Gasteiger partial charge in [-0.15, -0.1) is 11.8 Å². The lowest BCUT2D eigenvalue weighted by molar-refractivity contribution is 0.312. The molecule has 5 heteroatoms. The van der Waals surface area contributed by atoms with Crippen LogP contribution < -0.4 is 4.90 Å². The summed E-state index contributed by atoms with van der Waals surface area (Å²) in [5.41, 5.74) is 1.80. The van der Waals surface area contributed by atoms with Gasteiger partial charge in [0.25, 0.3) is 0 Å². The Hall–Kier alpha value is -2.03. The zero-order valence-corrected chi connectivity index (χ0v) is 15.0. The Kier molecular flexibility index (Phi) is 6.32. The number of halogens is 1. The second-order valence-electron chi connectivity index (χ2n) is 6.11. The monoisotopic (exact) mass is 355 g/mol. The Morgan fingerprint density at radius 3 is 2.60 bits per heavy atom. The molecular formula is C20H22FN3S. The van der Waals surface area contributed by atoms with Gasteiger partial charge in [-0.25, -0.2) is 4.39 Å². The summed E-state index contributed by atoms with van der Waals surface area (Å²) in [4.78, 5) is 5.91. The first kappa shape index (κ1) is 17.8. The van der Waals surface area contributed by atoms with Crippen molar-refractivity contribution in [3.63, 3.8) is 0 Å². The molecule has 3 rings (SSSR count). The molecule has 0 unspecified atom stereocenters. The Morgan fingerprint density at radius 2 is 1.80 bits per heavy atom. The molecule has 0 amide bonds. The molecule has 1 aliphatic rings. The second kappa shape index (κ2) is 8.89. The second-order valence-corrected chi connectivity index (χ2v) is 7.28. The molecule has 130 valence electrons. The molecule has 1 aliphatic heterocycles. The third-order valence-electron chi connectivity index (χ3n) is 4.44. The number of thioether (sulfide) groups is 1. The van der Waals surface area contributed by atoms with E-state index in [-0.39, 0.29) is 5.82 Å². The van der Waals surface area contributed by atoms with E-state index in [1.807, 2.05) is 36.4 Å². The van der Waals surface area contributed by atoms with Gasteiger partial charge in [-0.3, -0.25) is 0 Å². The van der Waals surface area contributed by atoms with Crippen LogP contribution in [-0.2, 0) is 0 Å². The third kappa shape index (κ3) is 4.97. The summed E-state index contributed by atoms with van der Waals surface area (Å²) in [7, 11) is 0. The van der Waals surface area contributed by atoms with Crippen molar-refractivity contribution in [2.45, 2.75) is 11.3 Å². The minimum Gasteiger partial charge on any atom is -0.369 e. The maximum Gasteiger partial charge on any atom is 0.123 e. The number of nitriles is 1. The van der Waals surface area contributed by atoms with E-state index >= 15 is 0 Å². The lowest BCUT2D eigenvalue weighted by Gasteiger charge is -2.24. The van der Waals surface area contributed by atoms with Gasteiger partial charge >= 0.3 is 0 Å². The van der Waals surface area contributed by atoms with Crippen molar-refractivity contribution < 1.29 is 4.39 Å². The van der Waals surface area contributed by atoms with Gasteiger partial charge in [0.1, 0.15) is 11.9 Å². The van der Waals surface area contributed by atoms with E-state index in [2.05, 4.69) is 15.9 Å². The molecule has 0 atom stereocenters. The Bertz CT molecular complexity index is 726. The maximum atomic E-state index is 12.9. The molecule has 0 spiro atoms. The molecule has 2 aromatic rings. The molecular weight excluding hydrogens is 333 g/mol. The molecule has 1 heterocycles. The topological polar surface area (TPSA) is 30.3 Å². The smallest absolute Gasteiger partial charge is 0.123 e. The largest absolute Gasteiger partial charge is 0.369 e. The lowest BCUT2D eigenvalue weighted by atomic mass is 10.1. The number of anilines is 1. The van der Waals surface area contributed by atoms with Crippen LogP contribution in [0.4, 0.5) is 10.1 Å². The summed E-state index contributed by atoms with van der Waals surface area (Å²) >= 11 is 1.77. The molecule has 0 radical (unpaired) electrons. The first-order valence-corrected chi connectivity index (χ1v) is 9.59. The summed E-state index contributed by atoms with van der Waals surface area (Å²) in [6.45, 7) is 5.04. The SMILES string of the molecule is N#Cc1ccccc1N1CCCN(CCSc2ccc(F)cc2)CC1. The maximum absolute atomic E-state index is 12.9. The summed E-state index contributed by atoms with van der Waals surface area (Å²) in [5.74, 6) is 0.815. The van der Waals surface area contributed by atoms with Gasteiger partial charge in [-0.2, -0.15) is 5.26 Å². The lowest BCUT2D eigenvalue weighted by Crippen LogP contribution is -2.32. The Morgan fingerprint density at radius 1 is 1.00 bits per heavy atom. The van der Waals surface area contributed by atoms with Crippen LogP contribution in [0.5, 0.6) is 0 Å². The first-order valence-electron chi connectivity index (χ1n) is 8.61. The number of benzene rings is 2. The van der Waals surface area contributed by atoms with Crippen LogP contribution in [0.3, 0.4) is 0 Å². The predicted octanol–water partition coefficient (Wildman–Crippen LogP) is 4.00. The number of nitrogens with zero attached hydrogens (tertiary/aromatic N) is 3. The standard InChI is InChI=1S/C20H22FN3S/c21-18-6-8-19(9-7-18)25-15-14-23-10-3-11-24(13-12-23)20-5-2-1-4-17(20)16-22/h1-2,4-9H,3,10-15H2. The molecule has 2 aromatic carbocycles. The number of hydrogen-bond acceptors (Lipinski definition) is 4. The first-order chi connectivity index (χ1) is 12.3. The van der Waals surface area contributed by atoms with Crippen molar-refractivity contribution >= 4 is 17.4 Å². The molecule has 0 saturated carbocycles. The minimum absolute atomic E-state index is 0.186. The van der Waals surface area contributed by atoms with E-state index in [0.717, 1.165) is 61.0 Å². The highest BCUT2D eigenvalue weighted by Crippen LogP contribution is 2.22. The zero-order valence-electron chi connectivity index (χ0n) is 14.2. The van der Waals surface area contributed by atoms with E-state index in [1.165, 1.54) is 12.1 Å². The van der Waals surface area contributed by atoms with Gasteiger partial charge in [0.05, 0.1) is 11.3 Å². The normalized spacial score (nSPS) is 15.6. The van der Waals surface area contributed by atoms with Crippen molar-refractivity contribution in [2.24, 2.45) is 0 Å². The van der Waals surface area contributed by atoms with Crippen LogP contribution in [-0.4, -0.2) is 43.4 Å². The molecule has 1 fully saturated rings. The van der Waals surface area contributed by atoms with E-state index in [9.17, 15) is 9.65 Å². The number of rotatable bonds is 5. The number of hydrogen-bond donors (Lipinski definition) is 0. The summed E-state index contributed by atoms with van der Waals surface area (Å²) in [5, 5.41) is 9.30. The van der Waals surface area contributed by atoms with Gasteiger partial charge in [0.2, 0.25) is 0 Å². The fourth-order valence-corrected chi connectivity index (χ4v) is 4.02. The van der Waals surface area contributed by atoms with Gasteiger partial charge in [-0.1, -0.05) is 12.1 Å². The van der Waals surface area contributed by atoms with Gasteiger partial charge < -0.3 is 9.80 Å². The summed E-state index contributed by atoms with van der Waals surface area (Å²) in [6, 6.07) is 16.8. The molecule has 0 aromatic heterocycles. The molecule has 0 bridgehead atoms. The molecule has 25 heavy (non-hydrogen) atoms. The molecule has 1 saturated heterocycles. The zero-order chi connectivity index (χ0) is 17.5. The molecule has 3 nitrogen and oxygen atoms in total. The van der Waals surface area contributed by atoms with Crippen LogP contribution in [0.25, 0.3) is 0 Å². The summed E-state index contributed by atoms with van der Waals surface area (Å²) in [6.07, 6.45) is 1.10. The average molecular weight is 355 g/mol. The van der Waals surface area contributed by atoms with Gasteiger partial charge in [-0.05, 0) is 49.4 Å². The minimum atomic E-state index is -0.186. The van der Waals surface area contributed by atoms with Crippen molar-refractivity contribution in [1.82, 2.24) is 4.90 Å². The molecule has 0 N–H and O–H groups in total. The van der Waals surface area contributed by atoms with Gasteiger partial charge in [0.15, 0.2) is 0 Å². The third-order valence-corrected chi connectivity index (χ3v) is 5.44. The van der Waals surface area contributed by atoms with Crippen LogP contribution in [0.15, 0.2) is 53.4 Å². The van der Waals surface area contributed by atoms with Crippen LogP contribution >= 0.6 is 11.8 Å². The van der Waals surface area contributed by atoms with Crippen molar-refractivity contribution in [1.29, 1.82) is 5.26 Å². The average Bonchev–Trinajstić information content (AvgIpc) is 2.89. The van der Waals surface area contributed by atoms with E-state index < -0.39 is 0 Å². The quantitative estimate of drug-likeness (QED) is 0.759. The highest BCUT2D eigenvalue weighted by Gasteiger charge is 2.17. The van der Waals surface area contributed by atoms with Crippen LogP contribution in [0.1, 0.15) is 12.0 Å².